The first-order valence-electron chi connectivity index (χ1n) is 5.16. The maximum atomic E-state index is 12.0. The Morgan fingerprint density at radius 2 is 1.94 bits per heavy atom. The van der Waals surface area contributed by atoms with Gasteiger partial charge in [-0.1, -0.05) is 38.1 Å². The van der Waals surface area contributed by atoms with E-state index in [1.165, 1.54) is 0 Å². The Labute approximate surface area is 96.3 Å². The molecule has 16 heavy (non-hydrogen) atoms. The van der Waals surface area contributed by atoms with Gasteiger partial charge >= 0.3 is 7.60 Å². The number of benzene rings is 1. The smallest absolute Gasteiger partial charge is 0.321 e. The summed E-state index contributed by atoms with van der Waals surface area (Å²) in [5.41, 5.74) is 0. The Hall–Kier alpha value is -0.890. The fraction of sp³-hybridized carbons (Fsp3) is 0.333. The third-order valence-corrected chi connectivity index (χ3v) is 3.72. The highest BCUT2D eigenvalue weighted by Gasteiger charge is 2.27. The molecule has 1 aromatic carbocycles. The molecule has 0 spiro atoms. The summed E-state index contributed by atoms with van der Waals surface area (Å²) >= 11 is 0. The van der Waals surface area contributed by atoms with Gasteiger partial charge < -0.3 is 4.89 Å². The molecule has 1 rings (SSSR count). The zero-order valence-corrected chi connectivity index (χ0v) is 10.4. The van der Waals surface area contributed by atoms with Crippen molar-refractivity contribution < 1.29 is 14.0 Å². The average Bonchev–Trinajstić information content (AvgIpc) is 2.27. The number of hydrogen-bond acceptors (Lipinski definition) is 2. The lowest BCUT2D eigenvalue weighted by Crippen LogP contribution is -2.19. The first kappa shape index (κ1) is 13.2. The second-order valence-corrected chi connectivity index (χ2v) is 5.67. The van der Waals surface area contributed by atoms with E-state index < -0.39 is 13.7 Å². The molecule has 88 valence electrons. The van der Waals surface area contributed by atoms with Crippen LogP contribution in [0.2, 0.25) is 0 Å². The van der Waals surface area contributed by atoms with E-state index in [-0.39, 0.29) is 5.92 Å². The van der Waals surface area contributed by atoms with Gasteiger partial charge in [0.05, 0.1) is 11.4 Å². The number of rotatable bonds is 5. The van der Waals surface area contributed by atoms with Crippen molar-refractivity contribution in [3.8, 4) is 0 Å². The molecular formula is C12H17O3P. The van der Waals surface area contributed by atoms with Gasteiger partial charge in [-0.2, -0.15) is 0 Å². The highest BCUT2D eigenvalue weighted by Crippen LogP contribution is 2.43. The lowest BCUT2D eigenvalue weighted by atomic mass is 10.1. The molecule has 0 aliphatic heterocycles. The molecular weight excluding hydrogens is 223 g/mol. The lowest BCUT2D eigenvalue weighted by Gasteiger charge is -2.21. The van der Waals surface area contributed by atoms with Crippen molar-refractivity contribution in [3.63, 3.8) is 0 Å². The van der Waals surface area contributed by atoms with E-state index in [9.17, 15) is 9.46 Å². The molecule has 0 amide bonds. The van der Waals surface area contributed by atoms with Crippen LogP contribution in [-0.2, 0) is 9.09 Å². The SMILES string of the molecule is C=CC(OP(=O)(O)c1ccccc1)C(C)C. The Morgan fingerprint density at radius 1 is 1.38 bits per heavy atom. The molecule has 3 nitrogen and oxygen atoms in total. The van der Waals surface area contributed by atoms with Crippen LogP contribution >= 0.6 is 7.60 Å². The van der Waals surface area contributed by atoms with Crippen LogP contribution in [0.25, 0.3) is 0 Å². The van der Waals surface area contributed by atoms with E-state index in [2.05, 4.69) is 6.58 Å². The van der Waals surface area contributed by atoms with Gasteiger partial charge in [0, 0.05) is 0 Å². The van der Waals surface area contributed by atoms with Crippen LogP contribution in [0.1, 0.15) is 13.8 Å². The fourth-order valence-corrected chi connectivity index (χ4v) is 2.61. The lowest BCUT2D eigenvalue weighted by molar-refractivity contribution is 0.177. The molecule has 0 saturated carbocycles. The van der Waals surface area contributed by atoms with Crippen molar-refractivity contribution in [2.45, 2.75) is 20.0 Å². The van der Waals surface area contributed by atoms with E-state index in [0.717, 1.165) is 0 Å². The van der Waals surface area contributed by atoms with Crippen molar-refractivity contribution >= 4 is 12.9 Å². The fourth-order valence-electron chi connectivity index (χ4n) is 1.28. The Balaban J connectivity index is 2.87. The van der Waals surface area contributed by atoms with Crippen molar-refractivity contribution in [2.24, 2.45) is 5.92 Å². The maximum Gasteiger partial charge on any atom is 0.359 e. The van der Waals surface area contributed by atoms with Crippen LogP contribution < -0.4 is 5.30 Å². The van der Waals surface area contributed by atoms with E-state index in [0.29, 0.717) is 5.30 Å². The molecule has 2 unspecified atom stereocenters. The molecule has 1 N–H and O–H groups in total. The van der Waals surface area contributed by atoms with E-state index in [1.54, 1.807) is 36.4 Å². The molecule has 2 atom stereocenters. The minimum Gasteiger partial charge on any atom is -0.321 e. The Bertz CT molecular complexity index is 387. The van der Waals surface area contributed by atoms with Gasteiger partial charge in [0.1, 0.15) is 0 Å². The molecule has 0 fully saturated rings. The van der Waals surface area contributed by atoms with E-state index in [4.69, 9.17) is 4.52 Å². The molecule has 4 heteroatoms. The van der Waals surface area contributed by atoms with E-state index >= 15 is 0 Å². The van der Waals surface area contributed by atoms with Crippen LogP contribution in [0.5, 0.6) is 0 Å². The third-order valence-electron chi connectivity index (χ3n) is 2.24. The zero-order valence-electron chi connectivity index (χ0n) is 9.54. The largest absolute Gasteiger partial charge is 0.359 e. The summed E-state index contributed by atoms with van der Waals surface area (Å²) in [5.74, 6) is 0.113. The number of hydrogen-bond donors (Lipinski definition) is 1. The van der Waals surface area contributed by atoms with Crippen LogP contribution in [0, 0.1) is 5.92 Å². The molecule has 0 aromatic heterocycles. The highest BCUT2D eigenvalue weighted by atomic mass is 31.2. The molecule has 0 aliphatic carbocycles. The van der Waals surface area contributed by atoms with Crippen LogP contribution in [0.3, 0.4) is 0 Å². The summed E-state index contributed by atoms with van der Waals surface area (Å²) in [5, 5.41) is 0.308. The van der Waals surface area contributed by atoms with Gasteiger partial charge in [0.15, 0.2) is 0 Å². The summed E-state index contributed by atoms with van der Waals surface area (Å²) in [6.45, 7) is 7.43. The summed E-state index contributed by atoms with van der Waals surface area (Å²) in [4.78, 5) is 9.82. The van der Waals surface area contributed by atoms with Crippen LogP contribution in [0.4, 0.5) is 0 Å². The zero-order chi connectivity index (χ0) is 12.2. The van der Waals surface area contributed by atoms with Crippen molar-refractivity contribution in [1.82, 2.24) is 0 Å². The minimum atomic E-state index is -3.74. The molecule has 0 bridgehead atoms. The van der Waals surface area contributed by atoms with Gasteiger partial charge in [-0.05, 0) is 18.1 Å². The second kappa shape index (κ2) is 5.44. The standard InChI is InChI=1S/C12H17O3P/c1-4-12(10(2)3)15-16(13,14)11-8-6-5-7-9-11/h4-10,12H,1H2,2-3H3,(H,13,14). The minimum absolute atomic E-state index is 0.113. The summed E-state index contributed by atoms with van der Waals surface area (Å²) in [6, 6.07) is 8.37. The first-order chi connectivity index (χ1) is 7.47. The monoisotopic (exact) mass is 240 g/mol. The first-order valence-corrected chi connectivity index (χ1v) is 6.74. The highest BCUT2D eigenvalue weighted by molar-refractivity contribution is 7.61. The molecule has 0 heterocycles. The summed E-state index contributed by atoms with van der Waals surface area (Å²) in [7, 11) is -3.74. The molecule has 0 aliphatic rings. The topological polar surface area (TPSA) is 46.5 Å². The maximum absolute atomic E-state index is 12.0. The van der Waals surface area contributed by atoms with Crippen molar-refractivity contribution in [3.05, 3.63) is 43.0 Å². The summed E-state index contributed by atoms with van der Waals surface area (Å²) in [6.07, 6.45) is 1.13. The second-order valence-electron chi connectivity index (χ2n) is 3.91. The predicted octanol–water partition coefficient (Wildman–Crippen LogP) is 2.72. The van der Waals surface area contributed by atoms with Gasteiger partial charge in [-0.3, -0.25) is 9.09 Å². The van der Waals surface area contributed by atoms with Crippen LogP contribution in [0.15, 0.2) is 43.0 Å². The van der Waals surface area contributed by atoms with Crippen molar-refractivity contribution in [1.29, 1.82) is 0 Å². The van der Waals surface area contributed by atoms with Gasteiger partial charge in [0.2, 0.25) is 0 Å². The molecule has 0 saturated heterocycles. The van der Waals surface area contributed by atoms with Gasteiger partial charge in [-0.25, -0.2) is 0 Å². The third kappa shape index (κ3) is 3.31. The Kier molecular flexibility index (Phi) is 4.48. The Morgan fingerprint density at radius 3 is 2.38 bits per heavy atom. The quantitative estimate of drug-likeness (QED) is 0.635. The summed E-state index contributed by atoms with van der Waals surface area (Å²) < 4.78 is 17.2. The molecule has 1 aromatic rings. The van der Waals surface area contributed by atoms with Gasteiger partial charge in [0.25, 0.3) is 0 Å². The molecule has 0 radical (unpaired) electrons. The van der Waals surface area contributed by atoms with E-state index in [1.807, 2.05) is 13.8 Å². The van der Waals surface area contributed by atoms with Crippen LogP contribution in [-0.4, -0.2) is 11.0 Å². The predicted molar refractivity (Wildman–Crippen MR) is 65.8 cm³/mol. The normalized spacial score (nSPS) is 16.8. The average molecular weight is 240 g/mol. The van der Waals surface area contributed by atoms with Gasteiger partial charge in [-0.15, -0.1) is 6.58 Å². The van der Waals surface area contributed by atoms with Crippen molar-refractivity contribution in [2.75, 3.05) is 0 Å².